The molecule has 1 aromatic rings. The van der Waals surface area contributed by atoms with Crippen molar-refractivity contribution in [1.82, 2.24) is 5.32 Å². The Balaban J connectivity index is 2.25. The van der Waals surface area contributed by atoms with Crippen LogP contribution in [0.25, 0.3) is 0 Å². The first-order valence-corrected chi connectivity index (χ1v) is 6.73. The molecule has 0 aliphatic heterocycles. The number of nitrogens with one attached hydrogen (secondary N) is 1. The molecule has 0 aliphatic rings. The van der Waals surface area contributed by atoms with E-state index >= 15 is 0 Å². The Bertz CT molecular complexity index is 327. The molecule has 0 fully saturated rings. The lowest BCUT2D eigenvalue weighted by molar-refractivity contribution is -0.119. The summed E-state index contributed by atoms with van der Waals surface area (Å²) in [6.45, 7) is 4.06. The molecule has 0 spiro atoms. The van der Waals surface area contributed by atoms with Gasteiger partial charge >= 0.3 is 0 Å². The van der Waals surface area contributed by atoms with Gasteiger partial charge in [0.15, 0.2) is 0 Å². The van der Waals surface area contributed by atoms with Crippen molar-refractivity contribution >= 4 is 17.7 Å². The molecule has 0 radical (unpaired) electrons. The third-order valence-corrected chi connectivity index (χ3v) is 3.62. The molecule has 0 aromatic carbocycles. The molecule has 96 valence electrons. The minimum atomic E-state index is -0.105. The molecule has 2 unspecified atom stereocenters. The van der Waals surface area contributed by atoms with Gasteiger partial charge in [-0.3, -0.25) is 4.79 Å². The van der Waals surface area contributed by atoms with Crippen LogP contribution < -0.4 is 5.32 Å². The average molecular weight is 257 g/mol. The highest BCUT2D eigenvalue weighted by molar-refractivity contribution is 8.00. The molecule has 0 saturated carbocycles. The lowest BCUT2D eigenvalue weighted by Crippen LogP contribution is -2.28. The monoisotopic (exact) mass is 257 g/mol. The standard InChI is InChI=1S/C12H19NO3S/c1-9(5-6-14)17-8-12(15)13-10(2)11-4-3-7-16-11/h3-4,7,9-10,14H,5-6,8H2,1-2H3,(H,13,15). The first-order valence-electron chi connectivity index (χ1n) is 5.68. The predicted octanol–water partition coefficient (Wildman–Crippen LogP) is 1.96. The molecule has 1 heterocycles. The van der Waals surface area contributed by atoms with E-state index in [2.05, 4.69) is 5.32 Å². The van der Waals surface area contributed by atoms with E-state index in [0.29, 0.717) is 17.4 Å². The van der Waals surface area contributed by atoms with E-state index in [-0.39, 0.29) is 18.6 Å². The summed E-state index contributed by atoms with van der Waals surface area (Å²) in [6.07, 6.45) is 2.31. The Morgan fingerprint density at radius 1 is 1.59 bits per heavy atom. The van der Waals surface area contributed by atoms with Gasteiger partial charge < -0.3 is 14.8 Å². The predicted molar refractivity (Wildman–Crippen MR) is 68.9 cm³/mol. The van der Waals surface area contributed by atoms with E-state index in [4.69, 9.17) is 9.52 Å². The molecular weight excluding hydrogens is 238 g/mol. The smallest absolute Gasteiger partial charge is 0.230 e. The second-order valence-electron chi connectivity index (χ2n) is 3.94. The molecule has 0 bridgehead atoms. The Labute approximate surface area is 106 Å². The number of carbonyl (C=O) groups is 1. The summed E-state index contributed by atoms with van der Waals surface area (Å²) in [4.78, 5) is 11.6. The fourth-order valence-electron chi connectivity index (χ4n) is 1.38. The second kappa shape index (κ2) is 7.40. The molecule has 2 atom stereocenters. The Morgan fingerprint density at radius 3 is 2.94 bits per heavy atom. The Morgan fingerprint density at radius 2 is 2.35 bits per heavy atom. The third kappa shape index (κ3) is 5.28. The molecule has 1 rings (SSSR count). The quantitative estimate of drug-likeness (QED) is 0.784. The van der Waals surface area contributed by atoms with Crippen molar-refractivity contribution in [3.63, 3.8) is 0 Å². The van der Waals surface area contributed by atoms with E-state index in [9.17, 15) is 4.79 Å². The van der Waals surface area contributed by atoms with Crippen LogP contribution in [0.1, 0.15) is 32.1 Å². The molecule has 4 nitrogen and oxygen atoms in total. The first-order chi connectivity index (χ1) is 8.13. The fraction of sp³-hybridized carbons (Fsp3) is 0.583. The van der Waals surface area contributed by atoms with Gasteiger partial charge in [-0.15, -0.1) is 11.8 Å². The van der Waals surface area contributed by atoms with Crippen molar-refractivity contribution in [2.24, 2.45) is 0 Å². The van der Waals surface area contributed by atoms with Crippen molar-refractivity contribution in [3.05, 3.63) is 24.2 Å². The summed E-state index contributed by atoms with van der Waals surface area (Å²) < 4.78 is 5.21. The van der Waals surface area contributed by atoms with Crippen molar-refractivity contribution in [2.45, 2.75) is 31.6 Å². The topological polar surface area (TPSA) is 62.5 Å². The molecule has 0 saturated heterocycles. The van der Waals surface area contributed by atoms with Crippen LogP contribution in [0.15, 0.2) is 22.8 Å². The summed E-state index contributed by atoms with van der Waals surface area (Å²) >= 11 is 1.55. The average Bonchev–Trinajstić information content (AvgIpc) is 2.80. The van der Waals surface area contributed by atoms with Gasteiger partial charge in [0.1, 0.15) is 5.76 Å². The number of furan rings is 1. The van der Waals surface area contributed by atoms with Crippen molar-refractivity contribution in [2.75, 3.05) is 12.4 Å². The zero-order chi connectivity index (χ0) is 12.7. The second-order valence-corrected chi connectivity index (χ2v) is 5.37. The van der Waals surface area contributed by atoms with Gasteiger partial charge in [0.2, 0.25) is 5.91 Å². The SMILES string of the molecule is CC(CCO)SCC(=O)NC(C)c1ccco1. The lowest BCUT2D eigenvalue weighted by Gasteiger charge is -2.13. The highest BCUT2D eigenvalue weighted by Gasteiger charge is 2.12. The first kappa shape index (κ1) is 14.1. The van der Waals surface area contributed by atoms with Gasteiger partial charge in [0, 0.05) is 11.9 Å². The number of aliphatic hydroxyl groups is 1. The molecule has 2 N–H and O–H groups in total. The Kier molecular flexibility index (Phi) is 6.15. The van der Waals surface area contributed by atoms with Gasteiger partial charge in [-0.1, -0.05) is 6.92 Å². The van der Waals surface area contributed by atoms with E-state index < -0.39 is 0 Å². The van der Waals surface area contributed by atoms with Crippen molar-refractivity contribution in [3.8, 4) is 0 Å². The van der Waals surface area contributed by atoms with Gasteiger partial charge in [-0.25, -0.2) is 0 Å². The third-order valence-electron chi connectivity index (χ3n) is 2.38. The maximum absolute atomic E-state index is 11.6. The maximum Gasteiger partial charge on any atom is 0.230 e. The number of hydrogen-bond donors (Lipinski definition) is 2. The minimum Gasteiger partial charge on any atom is -0.467 e. The summed E-state index contributed by atoms with van der Waals surface area (Å²) in [5.74, 6) is 1.15. The minimum absolute atomic E-state index is 0.0105. The molecule has 1 amide bonds. The Hall–Kier alpha value is -0.940. The highest BCUT2D eigenvalue weighted by Crippen LogP contribution is 2.15. The molecule has 1 aromatic heterocycles. The number of rotatable bonds is 7. The number of aliphatic hydroxyl groups excluding tert-OH is 1. The number of hydrogen-bond acceptors (Lipinski definition) is 4. The van der Waals surface area contributed by atoms with E-state index in [0.717, 1.165) is 5.76 Å². The normalized spacial score (nSPS) is 14.3. The summed E-state index contributed by atoms with van der Waals surface area (Å²) in [6, 6.07) is 3.54. The summed E-state index contributed by atoms with van der Waals surface area (Å²) in [7, 11) is 0. The molecular formula is C12H19NO3S. The largest absolute Gasteiger partial charge is 0.467 e. The lowest BCUT2D eigenvalue weighted by atomic mass is 10.2. The zero-order valence-corrected chi connectivity index (χ0v) is 11.0. The molecule has 0 aliphatic carbocycles. The van der Waals surface area contributed by atoms with Crippen LogP contribution in [0.3, 0.4) is 0 Å². The van der Waals surface area contributed by atoms with E-state index in [1.807, 2.05) is 19.9 Å². The highest BCUT2D eigenvalue weighted by atomic mass is 32.2. The van der Waals surface area contributed by atoms with Gasteiger partial charge in [-0.2, -0.15) is 0 Å². The van der Waals surface area contributed by atoms with Crippen molar-refractivity contribution in [1.29, 1.82) is 0 Å². The van der Waals surface area contributed by atoms with Crippen LogP contribution >= 0.6 is 11.8 Å². The van der Waals surface area contributed by atoms with Crippen LogP contribution in [-0.2, 0) is 4.79 Å². The van der Waals surface area contributed by atoms with E-state index in [1.54, 1.807) is 24.1 Å². The number of amides is 1. The summed E-state index contributed by atoms with van der Waals surface area (Å²) in [5.41, 5.74) is 0. The van der Waals surface area contributed by atoms with Crippen LogP contribution in [-0.4, -0.2) is 28.6 Å². The van der Waals surface area contributed by atoms with Crippen LogP contribution in [0.4, 0.5) is 0 Å². The molecule has 5 heteroatoms. The number of carbonyl (C=O) groups excluding carboxylic acids is 1. The zero-order valence-electron chi connectivity index (χ0n) is 10.2. The number of thioether (sulfide) groups is 1. The maximum atomic E-state index is 11.6. The van der Waals surface area contributed by atoms with Crippen LogP contribution in [0, 0.1) is 0 Å². The van der Waals surface area contributed by atoms with Gasteiger partial charge in [0.25, 0.3) is 0 Å². The molecule has 17 heavy (non-hydrogen) atoms. The summed E-state index contributed by atoms with van der Waals surface area (Å²) in [5, 5.41) is 11.9. The van der Waals surface area contributed by atoms with E-state index in [1.165, 1.54) is 0 Å². The van der Waals surface area contributed by atoms with Gasteiger partial charge in [0.05, 0.1) is 18.1 Å². The van der Waals surface area contributed by atoms with Crippen LogP contribution in [0.5, 0.6) is 0 Å². The van der Waals surface area contributed by atoms with Gasteiger partial charge in [-0.05, 0) is 25.5 Å². The van der Waals surface area contributed by atoms with Crippen LogP contribution in [0.2, 0.25) is 0 Å². The van der Waals surface area contributed by atoms with Crippen molar-refractivity contribution < 1.29 is 14.3 Å². The fourth-order valence-corrected chi connectivity index (χ4v) is 2.17.